The second-order valence-corrected chi connectivity index (χ2v) is 5.70. The monoisotopic (exact) mass is 291 g/mol. The van der Waals surface area contributed by atoms with E-state index in [4.69, 9.17) is 16.3 Å². The number of nitrogens with one attached hydrogen (secondary N) is 1. The average Bonchev–Trinajstić information content (AvgIpc) is 3.18. The Balaban J connectivity index is 2.10. The van der Waals surface area contributed by atoms with E-state index < -0.39 is 5.97 Å². The molecule has 1 aromatic heterocycles. The Kier molecular flexibility index (Phi) is 3.05. The first-order valence-corrected chi connectivity index (χ1v) is 6.95. The second-order valence-electron chi connectivity index (χ2n) is 4.98. The number of halogens is 1. The number of pyridine rings is 1. The first kappa shape index (κ1) is 13.2. The van der Waals surface area contributed by atoms with Gasteiger partial charge >= 0.3 is 5.97 Å². The molecule has 0 aliphatic heterocycles. The molecule has 5 heteroatoms. The van der Waals surface area contributed by atoms with Gasteiger partial charge in [0.1, 0.15) is 5.56 Å². The minimum absolute atomic E-state index is 0.0270. The van der Waals surface area contributed by atoms with Crippen molar-refractivity contribution in [2.24, 2.45) is 0 Å². The van der Waals surface area contributed by atoms with E-state index in [9.17, 15) is 9.59 Å². The van der Waals surface area contributed by atoms with Gasteiger partial charge < -0.3 is 9.72 Å². The van der Waals surface area contributed by atoms with Crippen molar-refractivity contribution in [3.63, 3.8) is 0 Å². The molecule has 0 bridgehead atoms. The van der Waals surface area contributed by atoms with Crippen molar-refractivity contribution in [2.45, 2.75) is 24.6 Å². The highest BCUT2D eigenvalue weighted by Crippen LogP contribution is 2.52. The number of carbonyl (C=O) groups excluding carboxylic acids is 1. The highest BCUT2D eigenvalue weighted by Gasteiger charge is 2.42. The number of esters is 1. The zero-order valence-corrected chi connectivity index (χ0v) is 11.8. The van der Waals surface area contributed by atoms with Crippen molar-refractivity contribution < 1.29 is 9.53 Å². The normalized spacial score (nSPS) is 16.1. The van der Waals surface area contributed by atoms with Crippen LogP contribution in [0.15, 0.2) is 29.2 Å². The molecule has 2 aromatic rings. The molecular weight excluding hydrogens is 278 g/mol. The van der Waals surface area contributed by atoms with E-state index in [-0.39, 0.29) is 22.5 Å². The lowest BCUT2D eigenvalue weighted by Crippen LogP contribution is -2.18. The zero-order valence-electron chi connectivity index (χ0n) is 11.0. The van der Waals surface area contributed by atoms with E-state index in [0.29, 0.717) is 10.9 Å². The van der Waals surface area contributed by atoms with Crippen LogP contribution < -0.4 is 5.43 Å². The third-order valence-corrected chi connectivity index (χ3v) is 4.18. The number of aromatic amines is 1. The molecule has 3 rings (SSSR count). The third kappa shape index (κ3) is 2.10. The Bertz CT molecular complexity index is 746. The van der Waals surface area contributed by atoms with Crippen LogP contribution in [0.5, 0.6) is 0 Å². The van der Waals surface area contributed by atoms with Crippen molar-refractivity contribution in [1.29, 1.82) is 0 Å². The van der Waals surface area contributed by atoms with Gasteiger partial charge in [-0.05, 0) is 37.5 Å². The van der Waals surface area contributed by atoms with Crippen LogP contribution in [-0.4, -0.2) is 17.6 Å². The van der Waals surface area contributed by atoms with Gasteiger partial charge in [-0.25, -0.2) is 4.79 Å². The Morgan fingerprint density at radius 3 is 2.85 bits per heavy atom. The number of benzene rings is 1. The maximum Gasteiger partial charge on any atom is 0.343 e. The third-order valence-electron chi connectivity index (χ3n) is 3.58. The Labute approximate surface area is 120 Å². The number of H-pyrrole nitrogens is 1. The summed E-state index contributed by atoms with van der Waals surface area (Å²) in [6.45, 7) is 1.94. The first-order chi connectivity index (χ1) is 9.55. The van der Waals surface area contributed by atoms with Crippen molar-refractivity contribution in [2.75, 3.05) is 6.61 Å². The molecule has 0 radical (unpaired) electrons. The fourth-order valence-corrected chi connectivity index (χ4v) is 2.47. The standard InChI is InChI=1S/C15H14ClNO3/c1-2-20-14(19)11-8-17-12-7-9(15(16)5-6-15)3-4-10(12)13(11)18/h3-4,7-8H,2,5-6H2,1H3,(H,17,18). The highest BCUT2D eigenvalue weighted by atomic mass is 35.5. The van der Waals surface area contributed by atoms with Crippen LogP contribution in [0.2, 0.25) is 0 Å². The number of rotatable bonds is 3. The number of aromatic nitrogens is 1. The van der Waals surface area contributed by atoms with Gasteiger partial charge in [-0.1, -0.05) is 6.07 Å². The van der Waals surface area contributed by atoms with Crippen LogP contribution in [0.25, 0.3) is 10.9 Å². The zero-order chi connectivity index (χ0) is 14.3. The summed E-state index contributed by atoms with van der Waals surface area (Å²) in [5, 5.41) is 0.472. The minimum Gasteiger partial charge on any atom is -0.462 e. The van der Waals surface area contributed by atoms with Crippen LogP contribution in [0, 0.1) is 0 Å². The van der Waals surface area contributed by atoms with Gasteiger partial charge in [0.15, 0.2) is 0 Å². The summed E-state index contributed by atoms with van der Waals surface area (Å²) >= 11 is 6.37. The summed E-state index contributed by atoms with van der Waals surface area (Å²) in [5.74, 6) is -0.601. The predicted octanol–water partition coefficient (Wildman–Crippen LogP) is 2.93. The molecule has 1 fully saturated rings. The second kappa shape index (κ2) is 4.63. The molecule has 0 amide bonds. The molecule has 1 aromatic carbocycles. The van der Waals surface area contributed by atoms with Crippen molar-refractivity contribution in [1.82, 2.24) is 4.98 Å². The average molecular weight is 292 g/mol. The summed E-state index contributed by atoms with van der Waals surface area (Å²) in [6, 6.07) is 5.45. The Morgan fingerprint density at radius 2 is 2.20 bits per heavy atom. The van der Waals surface area contributed by atoms with E-state index >= 15 is 0 Å². The molecule has 20 heavy (non-hydrogen) atoms. The van der Waals surface area contributed by atoms with E-state index in [1.165, 1.54) is 6.20 Å². The quantitative estimate of drug-likeness (QED) is 0.699. The summed E-state index contributed by atoms with van der Waals surface area (Å²) in [4.78, 5) is 26.7. The number of fused-ring (bicyclic) bond motifs is 1. The van der Waals surface area contributed by atoms with Crippen LogP contribution in [0.1, 0.15) is 35.7 Å². The van der Waals surface area contributed by atoms with Gasteiger partial charge in [-0.2, -0.15) is 0 Å². The smallest absolute Gasteiger partial charge is 0.343 e. The van der Waals surface area contributed by atoms with Gasteiger partial charge in [-0.3, -0.25) is 4.79 Å². The Hall–Kier alpha value is -1.81. The number of alkyl halides is 1. The predicted molar refractivity (Wildman–Crippen MR) is 77.3 cm³/mol. The van der Waals surface area contributed by atoms with Crippen molar-refractivity contribution >= 4 is 28.5 Å². The lowest BCUT2D eigenvalue weighted by molar-refractivity contribution is 0.0524. The largest absolute Gasteiger partial charge is 0.462 e. The first-order valence-electron chi connectivity index (χ1n) is 6.57. The number of hydrogen-bond donors (Lipinski definition) is 1. The lowest BCUT2D eigenvalue weighted by Gasteiger charge is -2.08. The number of carbonyl (C=O) groups is 1. The topological polar surface area (TPSA) is 59.2 Å². The molecular formula is C15H14ClNO3. The summed E-state index contributed by atoms with van der Waals surface area (Å²) in [7, 11) is 0. The molecule has 0 spiro atoms. The van der Waals surface area contributed by atoms with E-state index in [2.05, 4.69) is 4.98 Å². The number of hydrogen-bond acceptors (Lipinski definition) is 3. The van der Waals surface area contributed by atoms with Gasteiger partial charge in [0.25, 0.3) is 0 Å². The molecule has 0 saturated heterocycles. The fourth-order valence-electron chi connectivity index (χ4n) is 2.26. The van der Waals surface area contributed by atoms with Crippen LogP contribution in [0.4, 0.5) is 0 Å². The van der Waals surface area contributed by atoms with Crippen molar-refractivity contribution in [3.05, 3.63) is 45.7 Å². The van der Waals surface area contributed by atoms with Gasteiger partial charge in [0, 0.05) is 17.1 Å². The molecule has 1 aliphatic rings. The Morgan fingerprint density at radius 1 is 1.45 bits per heavy atom. The number of ether oxygens (including phenoxy) is 1. The molecule has 1 saturated carbocycles. The van der Waals surface area contributed by atoms with Gasteiger partial charge in [-0.15, -0.1) is 11.6 Å². The molecule has 1 aliphatic carbocycles. The summed E-state index contributed by atoms with van der Waals surface area (Å²) < 4.78 is 4.87. The molecule has 104 valence electrons. The van der Waals surface area contributed by atoms with Crippen molar-refractivity contribution in [3.8, 4) is 0 Å². The molecule has 0 unspecified atom stereocenters. The van der Waals surface area contributed by atoms with Crippen LogP contribution in [0.3, 0.4) is 0 Å². The molecule has 0 atom stereocenters. The minimum atomic E-state index is -0.601. The summed E-state index contributed by atoms with van der Waals surface area (Å²) in [6.07, 6.45) is 3.30. The fraction of sp³-hybridized carbons (Fsp3) is 0.333. The van der Waals surface area contributed by atoms with Gasteiger partial charge in [0.05, 0.1) is 11.5 Å². The van der Waals surface area contributed by atoms with Crippen LogP contribution >= 0.6 is 11.6 Å². The highest BCUT2D eigenvalue weighted by molar-refractivity contribution is 6.26. The maximum absolute atomic E-state index is 12.3. The molecule has 1 heterocycles. The molecule has 4 nitrogen and oxygen atoms in total. The lowest BCUT2D eigenvalue weighted by atomic mass is 10.1. The maximum atomic E-state index is 12.3. The van der Waals surface area contributed by atoms with Gasteiger partial charge in [0.2, 0.25) is 5.43 Å². The van der Waals surface area contributed by atoms with E-state index in [1.54, 1.807) is 13.0 Å². The van der Waals surface area contributed by atoms with E-state index in [0.717, 1.165) is 18.4 Å². The molecule has 1 N–H and O–H groups in total. The SMILES string of the molecule is CCOC(=O)c1c[nH]c2cc(C3(Cl)CC3)ccc2c1=O. The van der Waals surface area contributed by atoms with E-state index in [1.807, 2.05) is 12.1 Å². The van der Waals surface area contributed by atoms with Crippen LogP contribution in [-0.2, 0) is 9.61 Å². The summed E-state index contributed by atoms with van der Waals surface area (Å²) in [5.41, 5.74) is 1.40.